The highest BCUT2D eigenvalue weighted by molar-refractivity contribution is 6.30. The molecule has 5 heteroatoms. The van der Waals surface area contributed by atoms with E-state index in [0.29, 0.717) is 12.3 Å². The topological polar surface area (TPSA) is 54.0 Å². The fourth-order valence-corrected chi connectivity index (χ4v) is 2.27. The summed E-state index contributed by atoms with van der Waals surface area (Å²) in [7, 11) is 0. The van der Waals surface area contributed by atoms with Crippen LogP contribution in [0.4, 0.5) is 11.5 Å². The Hall–Kier alpha value is -2.07. The number of carbonyl (C=O) groups is 1. The minimum absolute atomic E-state index is 0.0187. The van der Waals surface area contributed by atoms with E-state index in [0.717, 1.165) is 29.5 Å². The van der Waals surface area contributed by atoms with E-state index in [9.17, 15) is 4.79 Å². The molecule has 23 heavy (non-hydrogen) atoms. The van der Waals surface area contributed by atoms with E-state index in [-0.39, 0.29) is 5.91 Å². The summed E-state index contributed by atoms with van der Waals surface area (Å²) in [5, 5.41) is 6.86. The third-order valence-electron chi connectivity index (χ3n) is 3.27. The number of halogens is 1. The molecular formula is C18H22ClN3O. The fraction of sp³-hybridized carbons (Fsp3) is 0.333. The molecule has 0 spiro atoms. The van der Waals surface area contributed by atoms with Crippen LogP contribution in [0.25, 0.3) is 0 Å². The molecule has 0 unspecified atom stereocenters. The third-order valence-corrected chi connectivity index (χ3v) is 3.53. The quantitative estimate of drug-likeness (QED) is 0.792. The second-order valence-electron chi connectivity index (χ2n) is 5.88. The summed E-state index contributed by atoms with van der Waals surface area (Å²) in [6, 6.07) is 11.5. The Morgan fingerprint density at radius 2 is 1.91 bits per heavy atom. The number of nitrogens with zero attached hydrogens (tertiary/aromatic N) is 1. The lowest BCUT2D eigenvalue weighted by atomic mass is 10.1. The van der Waals surface area contributed by atoms with Gasteiger partial charge in [-0.2, -0.15) is 0 Å². The van der Waals surface area contributed by atoms with Crippen molar-refractivity contribution in [3.8, 4) is 0 Å². The monoisotopic (exact) mass is 331 g/mol. The molecule has 2 N–H and O–H groups in total. The minimum Gasteiger partial charge on any atom is -0.370 e. The number of aromatic nitrogens is 1. The molecule has 2 aromatic rings. The third kappa shape index (κ3) is 6.28. The summed E-state index contributed by atoms with van der Waals surface area (Å²) in [5.41, 5.74) is 1.94. The number of rotatable bonds is 7. The number of carbonyl (C=O) groups excluding carboxylic acids is 1. The van der Waals surface area contributed by atoms with Gasteiger partial charge in [-0.3, -0.25) is 4.79 Å². The van der Waals surface area contributed by atoms with Crippen LogP contribution in [0, 0.1) is 5.92 Å². The van der Waals surface area contributed by atoms with Crippen molar-refractivity contribution in [3.63, 3.8) is 0 Å². The van der Waals surface area contributed by atoms with E-state index in [2.05, 4.69) is 15.6 Å². The van der Waals surface area contributed by atoms with Gasteiger partial charge < -0.3 is 10.6 Å². The number of hydrogen-bond donors (Lipinski definition) is 2. The molecule has 4 nitrogen and oxygen atoms in total. The zero-order chi connectivity index (χ0) is 16.7. The van der Waals surface area contributed by atoms with Gasteiger partial charge in [-0.25, -0.2) is 4.98 Å². The zero-order valence-corrected chi connectivity index (χ0v) is 14.2. The van der Waals surface area contributed by atoms with E-state index < -0.39 is 0 Å². The summed E-state index contributed by atoms with van der Waals surface area (Å²) in [6.45, 7) is 4.82. The van der Waals surface area contributed by atoms with Crippen LogP contribution < -0.4 is 10.6 Å². The van der Waals surface area contributed by atoms with Crippen LogP contribution in [0.1, 0.15) is 25.8 Å². The van der Waals surface area contributed by atoms with Gasteiger partial charge in [0.15, 0.2) is 0 Å². The summed E-state index contributed by atoms with van der Waals surface area (Å²) >= 11 is 5.86. The summed E-state index contributed by atoms with van der Waals surface area (Å²) in [4.78, 5) is 16.0. The maximum absolute atomic E-state index is 11.7. The average molecular weight is 332 g/mol. The molecule has 2 rings (SSSR count). The Morgan fingerprint density at radius 3 is 2.52 bits per heavy atom. The van der Waals surface area contributed by atoms with Crippen LogP contribution in [0.3, 0.4) is 0 Å². The highest BCUT2D eigenvalue weighted by Crippen LogP contribution is 2.12. The number of pyridine rings is 1. The lowest BCUT2D eigenvalue weighted by Crippen LogP contribution is -2.14. The Bertz CT molecular complexity index is 624. The van der Waals surface area contributed by atoms with Crippen molar-refractivity contribution in [1.82, 2.24) is 4.98 Å². The molecule has 0 aliphatic rings. The fourth-order valence-electron chi connectivity index (χ4n) is 2.14. The Labute approximate surface area is 142 Å². The van der Waals surface area contributed by atoms with Crippen LogP contribution >= 0.6 is 11.6 Å². The molecule has 1 heterocycles. The van der Waals surface area contributed by atoms with Crippen molar-refractivity contribution in [2.45, 2.75) is 26.7 Å². The van der Waals surface area contributed by atoms with E-state index >= 15 is 0 Å². The molecule has 1 amide bonds. The van der Waals surface area contributed by atoms with Crippen LogP contribution in [0.5, 0.6) is 0 Å². The second kappa shape index (κ2) is 8.53. The van der Waals surface area contributed by atoms with Gasteiger partial charge in [-0.1, -0.05) is 37.6 Å². The molecule has 0 atom stereocenters. The van der Waals surface area contributed by atoms with Gasteiger partial charge in [-0.15, -0.1) is 0 Å². The van der Waals surface area contributed by atoms with Crippen molar-refractivity contribution in [1.29, 1.82) is 0 Å². The summed E-state index contributed by atoms with van der Waals surface area (Å²) < 4.78 is 0. The first-order valence-corrected chi connectivity index (χ1v) is 8.15. The lowest BCUT2D eigenvalue weighted by molar-refractivity contribution is -0.116. The number of benzene rings is 1. The first-order valence-electron chi connectivity index (χ1n) is 7.77. The molecule has 0 bridgehead atoms. The van der Waals surface area contributed by atoms with Crippen molar-refractivity contribution < 1.29 is 4.79 Å². The second-order valence-corrected chi connectivity index (χ2v) is 6.32. The van der Waals surface area contributed by atoms with E-state index in [1.165, 1.54) is 5.56 Å². The van der Waals surface area contributed by atoms with Gasteiger partial charge in [0.1, 0.15) is 5.82 Å². The van der Waals surface area contributed by atoms with E-state index in [1.54, 1.807) is 6.20 Å². The number of hydrogen-bond acceptors (Lipinski definition) is 3. The van der Waals surface area contributed by atoms with Crippen molar-refractivity contribution in [2.75, 3.05) is 17.2 Å². The van der Waals surface area contributed by atoms with Crippen LogP contribution in [0.2, 0.25) is 5.02 Å². The molecule has 0 aliphatic heterocycles. The molecule has 122 valence electrons. The van der Waals surface area contributed by atoms with Crippen molar-refractivity contribution in [3.05, 3.63) is 53.2 Å². The SMILES string of the molecule is CC(C)CC(=O)Nc1ccc(NCCc2ccc(Cl)cc2)nc1. The molecular weight excluding hydrogens is 310 g/mol. The van der Waals surface area contributed by atoms with Gasteiger partial charge in [-0.05, 0) is 42.2 Å². The average Bonchev–Trinajstić information content (AvgIpc) is 2.50. The smallest absolute Gasteiger partial charge is 0.224 e. The predicted molar refractivity (Wildman–Crippen MR) is 96.0 cm³/mol. The first kappa shape index (κ1) is 17.3. The van der Waals surface area contributed by atoms with Gasteiger partial charge in [0.05, 0.1) is 11.9 Å². The molecule has 1 aromatic carbocycles. The summed E-state index contributed by atoms with van der Waals surface area (Å²) in [5.74, 6) is 1.16. The van der Waals surface area contributed by atoms with Gasteiger partial charge in [0.2, 0.25) is 5.91 Å². The van der Waals surface area contributed by atoms with Crippen LogP contribution in [-0.2, 0) is 11.2 Å². The largest absolute Gasteiger partial charge is 0.370 e. The standard InChI is InChI=1S/C18H22ClN3O/c1-13(2)11-18(23)22-16-7-8-17(21-12-16)20-10-9-14-3-5-15(19)6-4-14/h3-8,12-13H,9-11H2,1-2H3,(H,20,21)(H,22,23). The predicted octanol–water partition coefficient (Wildman–Crippen LogP) is 4.37. The highest BCUT2D eigenvalue weighted by atomic mass is 35.5. The minimum atomic E-state index is 0.0187. The zero-order valence-electron chi connectivity index (χ0n) is 13.5. The van der Waals surface area contributed by atoms with Gasteiger partial charge >= 0.3 is 0 Å². The Kier molecular flexibility index (Phi) is 6.41. The molecule has 0 fully saturated rings. The highest BCUT2D eigenvalue weighted by Gasteiger charge is 2.05. The summed E-state index contributed by atoms with van der Waals surface area (Å²) in [6.07, 6.45) is 3.08. The van der Waals surface area contributed by atoms with Gasteiger partial charge in [0.25, 0.3) is 0 Å². The van der Waals surface area contributed by atoms with E-state index in [4.69, 9.17) is 11.6 Å². The van der Waals surface area contributed by atoms with Gasteiger partial charge in [0, 0.05) is 18.0 Å². The number of amides is 1. The number of nitrogens with one attached hydrogen (secondary N) is 2. The normalized spacial score (nSPS) is 10.6. The number of anilines is 2. The first-order chi connectivity index (χ1) is 11.0. The molecule has 0 saturated heterocycles. The van der Waals surface area contributed by atoms with E-state index in [1.807, 2.05) is 50.2 Å². The van der Waals surface area contributed by atoms with Crippen molar-refractivity contribution in [2.24, 2.45) is 5.92 Å². The Balaban J connectivity index is 1.78. The maximum Gasteiger partial charge on any atom is 0.224 e. The molecule has 0 aliphatic carbocycles. The van der Waals surface area contributed by atoms with Crippen LogP contribution in [-0.4, -0.2) is 17.4 Å². The van der Waals surface area contributed by atoms with Crippen molar-refractivity contribution >= 4 is 29.0 Å². The lowest BCUT2D eigenvalue weighted by Gasteiger charge is -2.09. The molecule has 0 radical (unpaired) electrons. The molecule has 1 aromatic heterocycles. The Morgan fingerprint density at radius 1 is 1.17 bits per heavy atom. The molecule has 0 saturated carbocycles. The maximum atomic E-state index is 11.7. The van der Waals surface area contributed by atoms with Crippen LogP contribution in [0.15, 0.2) is 42.6 Å².